The van der Waals surface area contributed by atoms with Gasteiger partial charge in [-0.3, -0.25) is 0 Å². The van der Waals surface area contributed by atoms with Gasteiger partial charge in [-0.15, -0.1) is 11.3 Å². The Morgan fingerprint density at radius 3 is 2.50 bits per heavy atom. The van der Waals surface area contributed by atoms with E-state index in [4.69, 9.17) is 15.2 Å². The molecule has 0 saturated carbocycles. The summed E-state index contributed by atoms with van der Waals surface area (Å²) >= 11 is 1.61. The number of likely N-dealkylation sites (tertiary alicyclic amines) is 1. The summed E-state index contributed by atoms with van der Waals surface area (Å²) in [4.78, 5) is 19.5. The third-order valence-electron chi connectivity index (χ3n) is 5.06. The van der Waals surface area contributed by atoms with Gasteiger partial charge in [0.2, 0.25) is 0 Å². The van der Waals surface area contributed by atoms with E-state index in [1.165, 1.54) is 0 Å². The van der Waals surface area contributed by atoms with Crippen LogP contribution in [-0.4, -0.2) is 35.2 Å². The topological polar surface area (TPSA) is 77.7 Å². The number of carbonyl (C=O) groups excluding carboxylic acids is 1. The quantitative estimate of drug-likeness (QED) is 0.634. The normalized spacial score (nSPS) is 14.5. The summed E-state index contributed by atoms with van der Waals surface area (Å²) in [7, 11) is 0. The van der Waals surface area contributed by atoms with Crippen LogP contribution in [0.3, 0.4) is 0 Å². The van der Waals surface area contributed by atoms with E-state index in [0.29, 0.717) is 26.2 Å². The summed E-state index contributed by atoms with van der Waals surface area (Å²) in [6, 6.07) is 17.7. The minimum atomic E-state index is -0.262. The van der Waals surface area contributed by atoms with Gasteiger partial charge >= 0.3 is 6.09 Å². The molecule has 156 valence electrons. The molecule has 1 aliphatic rings. The van der Waals surface area contributed by atoms with Gasteiger partial charge in [0, 0.05) is 49.1 Å². The van der Waals surface area contributed by atoms with Crippen LogP contribution < -0.4 is 10.5 Å². The lowest BCUT2D eigenvalue weighted by molar-refractivity contribution is 0.0638. The van der Waals surface area contributed by atoms with Crippen molar-refractivity contribution < 1.29 is 14.3 Å². The molecule has 0 aliphatic carbocycles. The highest BCUT2D eigenvalue weighted by Crippen LogP contribution is 2.27. The maximum atomic E-state index is 12.3. The van der Waals surface area contributed by atoms with Crippen LogP contribution in [0.15, 0.2) is 60.8 Å². The summed E-state index contributed by atoms with van der Waals surface area (Å²) < 4.78 is 11.5. The van der Waals surface area contributed by atoms with Crippen molar-refractivity contribution in [3.63, 3.8) is 0 Å². The van der Waals surface area contributed by atoms with E-state index in [0.717, 1.165) is 39.6 Å². The Hall–Kier alpha value is -2.90. The number of hydrogen-bond acceptors (Lipinski definition) is 6. The van der Waals surface area contributed by atoms with E-state index in [2.05, 4.69) is 4.98 Å². The average molecular weight is 424 g/mol. The number of carbonyl (C=O) groups is 1. The molecule has 6 nitrogen and oxygen atoms in total. The van der Waals surface area contributed by atoms with Crippen molar-refractivity contribution in [1.29, 1.82) is 0 Å². The van der Waals surface area contributed by atoms with Crippen LogP contribution in [0.25, 0.3) is 10.6 Å². The Labute approximate surface area is 180 Å². The van der Waals surface area contributed by atoms with Gasteiger partial charge < -0.3 is 20.1 Å². The molecule has 0 spiro atoms. The van der Waals surface area contributed by atoms with Gasteiger partial charge in [0.15, 0.2) is 0 Å². The molecule has 0 atom stereocenters. The van der Waals surface area contributed by atoms with E-state index in [9.17, 15) is 4.79 Å². The third-order valence-corrected chi connectivity index (χ3v) is 6.13. The van der Waals surface area contributed by atoms with E-state index in [1.807, 2.05) is 60.8 Å². The van der Waals surface area contributed by atoms with Crippen molar-refractivity contribution in [3.05, 3.63) is 71.2 Å². The Morgan fingerprint density at radius 1 is 1.10 bits per heavy atom. The first kappa shape index (κ1) is 20.4. The van der Waals surface area contributed by atoms with Gasteiger partial charge in [-0.2, -0.15) is 0 Å². The van der Waals surface area contributed by atoms with Crippen LogP contribution in [-0.2, 0) is 17.9 Å². The molecule has 2 N–H and O–H groups in total. The Morgan fingerprint density at radius 2 is 1.83 bits per heavy atom. The fourth-order valence-corrected chi connectivity index (χ4v) is 4.17. The molecule has 0 unspecified atom stereocenters. The Balaban J connectivity index is 1.24. The first-order valence-corrected chi connectivity index (χ1v) is 10.9. The third kappa shape index (κ3) is 5.17. The largest absolute Gasteiger partial charge is 0.490 e. The van der Waals surface area contributed by atoms with E-state index < -0.39 is 0 Å². The van der Waals surface area contributed by atoms with Crippen molar-refractivity contribution in [2.24, 2.45) is 5.73 Å². The van der Waals surface area contributed by atoms with Crippen molar-refractivity contribution >= 4 is 17.4 Å². The molecule has 1 aromatic heterocycles. The fraction of sp³-hybridized carbons (Fsp3) is 0.304. The summed E-state index contributed by atoms with van der Waals surface area (Å²) in [6.07, 6.45) is 3.23. The molecule has 0 bridgehead atoms. The van der Waals surface area contributed by atoms with E-state index in [1.54, 1.807) is 16.2 Å². The number of piperidine rings is 1. The molecule has 1 aliphatic heterocycles. The lowest BCUT2D eigenvalue weighted by Gasteiger charge is -2.31. The van der Waals surface area contributed by atoms with Crippen molar-refractivity contribution in [3.8, 4) is 16.3 Å². The van der Waals surface area contributed by atoms with Crippen LogP contribution in [0.5, 0.6) is 5.75 Å². The highest BCUT2D eigenvalue weighted by Gasteiger charge is 2.25. The number of ether oxygens (including phenoxy) is 2. The molecule has 2 aromatic carbocycles. The number of hydrogen-bond donors (Lipinski definition) is 1. The zero-order valence-corrected chi connectivity index (χ0v) is 17.5. The first-order valence-electron chi connectivity index (χ1n) is 10.1. The second kappa shape index (κ2) is 9.73. The zero-order valence-electron chi connectivity index (χ0n) is 16.7. The Bertz CT molecular complexity index is 951. The summed E-state index contributed by atoms with van der Waals surface area (Å²) in [5.74, 6) is 0.833. The maximum Gasteiger partial charge on any atom is 0.410 e. The SMILES string of the molecule is NCc1cnc(-c2ccc(OC3CCN(C(=O)OCc4ccccc4)CC3)cc2)s1. The molecule has 1 saturated heterocycles. The molecule has 1 amide bonds. The second-order valence-electron chi connectivity index (χ2n) is 7.20. The van der Waals surface area contributed by atoms with Crippen LogP contribution >= 0.6 is 11.3 Å². The molecule has 2 heterocycles. The van der Waals surface area contributed by atoms with E-state index in [-0.39, 0.29) is 12.2 Å². The number of amides is 1. The first-order chi connectivity index (χ1) is 14.7. The maximum absolute atomic E-state index is 12.3. The van der Waals surface area contributed by atoms with Crippen LogP contribution in [0.2, 0.25) is 0 Å². The summed E-state index contributed by atoms with van der Waals surface area (Å²) in [5.41, 5.74) is 7.71. The van der Waals surface area contributed by atoms with Gasteiger partial charge in [-0.05, 0) is 29.8 Å². The van der Waals surface area contributed by atoms with Gasteiger partial charge in [-0.25, -0.2) is 9.78 Å². The minimum Gasteiger partial charge on any atom is -0.490 e. The zero-order chi connectivity index (χ0) is 20.8. The summed E-state index contributed by atoms with van der Waals surface area (Å²) in [5, 5.41) is 0.962. The number of benzene rings is 2. The van der Waals surface area contributed by atoms with Crippen LogP contribution in [0.4, 0.5) is 4.79 Å². The second-order valence-corrected chi connectivity index (χ2v) is 8.32. The molecular weight excluding hydrogens is 398 g/mol. The predicted molar refractivity (Wildman–Crippen MR) is 117 cm³/mol. The van der Waals surface area contributed by atoms with Gasteiger partial charge in [-0.1, -0.05) is 30.3 Å². The number of aromatic nitrogens is 1. The molecule has 30 heavy (non-hydrogen) atoms. The Kier molecular flexibility index (Phi) is 6.61. The monoisotopic (exact) mass is 423 g/mol. The molecule has 0 radical (unpaired) electrons. The number of thiazole rings is 1. The predicted octanol–water partition coefficient (Wildman–Crippen LogP) is 4.45. The minimum absolute atomic E-state index is 0.0951. The molecule has 7 heteroatoms. The molecule has 3 aromatic rings. The standard InChI is InChI=1S/C23H25N3O3S/c24-14-21-15-25-22(30-21)18-6-8-19(9-7-18)29-20-10-12-26(13-11-20)23(27)28-16-17-4-2-1-3-5-17/h1-9,15,20H,10-14,16,24H2. The molecule has 4 rings (SSSR count). The lowest BCUT2D eigenvalue weighted by atomic mass is 10.1. The number of nitrogens with two attached hydrogens (primary N) is 1. The van der Waals surface area contributed by atoms with Crippen molar-refractivity contribution in [1.82, 2.24) is 9.88 Å². The van der Waals surface area contributed by atoms with Crippen LogP contribution in [0.1, 0.15) is 23.3 Å². The van der Waals surface area contributed by atoms with E-state index >= 15 is 0 Å². The van der Waals surface area contributed by atoms with Gasteiger partial charge in [0.05, 0.1) is 0 Å². The molecular formula is C23H25N3O3S. The average Bonchev–Trinajstić information content (AvgIpc) is 3.29. The number of rotatable bonds is 6. The van der Waals surface area contributed by atoms with Crippen LogP contribution in [0, 0.1) is 0 Å². The number of nitrogens with zero attached hydrogens (tertiary/aromatic N) is 2. The van der Waals surface area contributed by atoms with Crippen molar-refractivity contribution in [2.75, 3.05) is 13.1 Å². The highest BCUT2D eigenvalue weighted by molar-refractivity contribution is 7.15. The lowest BCUT2D eigenvalue weighted by Crippen LogP contribution is -2.42. The highest BCUT2D eigenvalue weighted by atomic mass is 32.1. The summed E-state index contributed by atoms with van der Waals surface area (Å²) in [6.45, 7) is 2.08. The fourth-order valence-electron chi connectivity index (χ4n) is 3.37. The molecule has 1 fully saturated rings. The van der Waals surface area contributed by atoms with Gasteiger partial charge in [0.25, 0.3) is 0 Å². The van der Waals surface area contributed by atoms with Gasteiger partial charge in [0.1, 0.15) is 23.5 Å². The van der Waals surface area contributed by atoms with Crippen molar-refractivity contribution in [2.45, 2.75) is 32.1 Å². The smallest absolute Gasteiger partial charge is 0.410 e.